The third-order valence-corrected chi connectivity index (χ3v) is 6.29. The maximum atomic E-state index is 13.3. The van der Waals surface area contributed by atoms with Gasteiger partial charge >= 0.3 is 0 Å². The SMILES string of the molecule is CCCCCCCCCOc1ccc(C(NC(=O)c2ccc(F)cc2)NC(=O)c2ccc(F)cc2)cc1OC. The molecule has 0 aromatic heterocycles. The van der Waals surface area contributed by atoms with E-state index in [1.165, 1.54) is 87.7 Å². The van der Waals surface area contributed by atoms with Crippen LogP contribution in [0.2, 0.25) is 0 Å². The van der Waals surface area contributed by atoms with E-state index < -0.39 is 29.6 Å². The Balaban J connectivity index is 1.72. The fourth-order valence-corrected chi connectivity index (χ4v) is 4.06. The standard InChI is InChI=1S/C31H36F2N2O4/c1-3-4-5-6-7-8-9-20-39-27-19-14-24(21-28(27)38-2)29(34-30(36)22-10-15-25(32)16-11-22)35-31(37)23-12-17-26(33)18-13-23/h10-19,21,29H,3-9,20H2,1-2H3,(H,34,36)(H,35,37). The van der Waals surface area contributed by atoms with Gasteiger partial charge in [-0.1, -0.05) is 51.5 Å². The third kappa shape index (κ3) is 9.39. The van der Waals surface area contributed by atoms with Gasteiger partial charge in [-0.15, -0.1) is 0 Å². The van der Waals surface area contributed by atoms with Crippen LogP contribution in [0.1, 0.15) is 84.3 Å². The van der Waals surface area contributed by atoms with Crippen LogP contribution < -0.4 is 20.1 Å². The average Bonchev–Trinajstić information content (AvgIpc) is 2.94. The number of amides is 2. The Labute approximate surface area is 228 Å². The molecule has 3 rings (SSSR count). The summed E-state index contributed by atoms with van der Waals surface area (Å²) in [5, 5.41) is 5.54. The molecule has 3 aromatic rings. The van der Waals surface area contributed by atoms with Crippen molar-refractivity contribution in [2.45, 2.75) is 58.0 Å². The van der Waals surface area contributed by atoms with Gasteiger partial charge in [0, 0.05) is 11.1 Å². The molecule has 208 valence electrons. The highest BCUT2D eigenvalue weighted by Crippen LogP contribution is 2.30. The summed E-state index contributed by atoms with van der Waals surface area (Å²) in [5.74, 6) is -0.961. The minimum Gasteiger partial charge on any atom is -0.493 e. The number of hydrogen-bond acceptors (Lipinski definition) is 4. The molecule has 3 aromatic carbocycles. The van der Waals surface area contributed by atoms with E-state index in [2.05, 4.69) is 17.6 Å². The molecule has 0 unspecified atom stereocenters. The largest absolute Gasteiger partial charge is 0.493 e. The molecule has 2 N–H and O–H groups in total. The van der Waals surface area contributed by atoms with E-state index in [0.29, 0.717) is 23.7 Å². The Hall–Kier alpha value is -3.94. The maximum absolute atomic E-state index is 13.3. The smallest absolute Gasteiger partial charge is 0.253 e. The summed E-state index contributed by atoms with van der Waals surface area (Å²) in [6.07, 6.45) is 7.25. The van der Waals surface area contributed by atoms with Crippen LogP contribution in [0.4, 0.5) is 8.78 Å². The summed E-state index contributed by atoms with van der Waals surface area (Å²) in [7, 11) is 1.52. The molecule has 0 saturated carbocycles. The van der Waals surface area contributed by atoms with Crippen LogP contribution in [-0.4, -0.2) is 25.5 Å². The topological polar surface area (TPSA) is 76.7 Å². The molecule has 0 fully saturated rings. The van der Waals surface area contributed by atoms with Gasteiger partial charge < -0.3 is 20.1 Å². The van der Waals surface area contributed by atoms with Gasteiger partial charge in [-0.2, -0.15) is 0 Å². The molecule has 6 nitrogen and oxygen atoms in total. The van der Waals surface area contributed by atoms with Gasteiger partial charge in [-0.25, -0.2) is 8.78 Å². The number of ether oxygens (including phenoxy) is 2. The lowest BCUT2D eigenvalue weighted by Gasteiger charge is -2.22. The van der Waals surface area contributed by atoms with Crippen molar-refractivity contribution in [1.82, 2.24) is 10.6 Å². The normalized spacial score (nSPS) is 10.8. The summed E-state index contributed by atoms with van der Waals surface area (Å²) in [4.78, 5) is 25.8. The van der Waals surface area contributed by atoms with Crippen molar-refractivity contribution in [3.8, 4) is 11.5 Å². The van der Waals surface area contributed by atoms with Crippen LogP contribution >= 0.6 is 0 Å². The lowest BCUT2D eigenvalue weighted by molar-refractivity contribution is 0.0883. The first kappa shape index (κ1) is 29.6. The van der Waals surface area contributed by atoms with Crippen molar-refractivity contribution in [2.24, 2.45) is 0 Å². The van der Waals surface area contributed by atoms with E-state index in [0.717, 1.165) is 12.8 Å². The lowest BCUT2D eigenvalue weighted by atomic mass is 10.1. The minimum absolute atomic E-state index is 0.221. The van der Waals surface area contributed by atoms with Crippen LogP contribution in [0.3, 0.4) is 0 Å². The Morgan fingerprint density at radius 1 is 0.718 bits per heavy atom. The molecule has 0 aliphatic carbocycles. The fourth-order valence-electron chi connectivity index (χ4n) is 4.06. The van der Waals surface area contributed by atoms with E-state index in [4.69, 9.17) is 9.47 Å². The molecule has 0 spiro atoms. The first-order valence-electron chi connectivity index (χ1n) is 13.3. The first-order valence-corrected chi connectivity index (χ1v) is 13.3. The fraction of sp³-hybridized carbons (Fsp3) is 0.355. The Morgan fingerprint density at radius 3 is 1.74 bits per heavy atom. The highest BCUT2D eigenvalue weighted by Gasteiger charge is 2.21. The van der Waals surface area contributed by atoms with Crippen molar-refractivity contribution in [3.05, 3.63) is 95.1 Å². The van der Waals surface area contributed by atoms with Crippen molar-refractivity contribution >= 4 is 11.8 Å². The molecule has 0 saturated heterocycles. The van der Waals surface area contributed by atoms with Crippen LogP contribution in [-0.2, 0) is 0 Å². The summed E-state index contributed by atoms with van der Waals surface area (Å²) in [6.45, 7) is 2.75. The number of hydrogen-bond donors (Lipinski definition) is 2. The predicted octanol–water partition coefficient (Wildman–Crippen LogP) is 6.96. The Kier molecular flexibility index (Phi) is 11.7. The molecule has 0 bridgehead atoms. The molecule has 0 atom stereocenters. The Bertz CT molecular complexity index is 1140. The van der Waals surface area contributed by atoms with Gasteiger partial charge in [-0.05, 0) is 72.6 Å². The lowest BCUT2D eigenvalue weighted by Crippen LogP contribution is -2.41. The quantitative estimate of drug-likeness (QED) is 0.162. The third-order valence-electron chi connectivity index (χ3n) is 6.29. The molecule has 0 aliphatic rings. The van der Waals surface area contributed by atoms with E-state index in [9.17, 15) is 18.4 Å². The van der Waals surface area contributed by atoms with Crippen molar-refractivity contribution in [3.63, 3.8) is 0 Å². The van der Waals surface area contributed by atoms with Crippen molar-refractivity contribution in [2.75, 3.05) is 13.7 Å². The number of rotatable bonds is 15. The first-order chi connectivity index (χ1) is 18.9. The number of benzene rings is 3. The van der Waals surface area contributed by atoms with Crippen LogP contribution in [0, 0.1) is 11.6 Å². The van der Waals surface area contributed by atoms with Crippen molar-refractivity contribution in [1.29, 1.82) is 0 Å². The molecule has 0 aliphatic heterocycles. The average molecular weight is 539 g/mol. The van der Waals surface area contributed by atoms with E-state index in [1.807, 2.05) is 0 Å². The maximum Gasteiger partial charge on any atom is 0.253 e. The zero-order valence-corrected chi connectivity index (χ0v) is 22.5. The second-order valence-corrected chi connectivity index (χ2v) is 9.27. The van der Waals surface area contributed by atoms with Gasteiger partial charge in [0.25, 0.3) is 11.8 Å². The van der Waals surface area contributed by atoms with E-state index in [1.54, 1.807) is 18.2 Å². The number of carbonyl (C=O) groups is 2. The number of halogens is 2. The summed E-state index contributed by atoms with van der Waals surface area (Å²) < 4.78 is 38.2. The van der Waals surface area contributed by atoms with Gasteiger partial charge in [0.2, 0.25) is 0 Å². The van der Waals surface area contributed by atoms with Crippen LogP contribution in [0.5, 0.6) is 11.5 Å². The van der Waals surface area contributed by atoms with E-state index in [-0.39, 0.29) is 11.1 Å². The predicted molar refractivity (Wildman–Crippen MR) is 147 cm³/mol. The van der Waals surface area contributed by atoms with Crippen LogP contribution in [0.25, 0.3) is 0 Å². The summed E-state index contributed by atoms with van der Waals surface area (Å²) >= 11 is 0. The van der Waals surface area contributed by atoms with Gasteiger partial charge in [0.05, 0.1) is 13.7 Å². The molecule has 0 radical (unpaired) electrons. The molecule has 39 heavy (non-hydrogen) atoms. The van der Waals surface area contributed by atoms with Gasteiger partial charge in [0.1, 0.15) is 17.8 Å². The number of nitrogens with one attached hydrogen (secondary N) is 2. The highest BCUT2D eigenvalue weighted by atomic mass is 19.1. The molecular formula is C31H36F2N2O4. The van der Waals surface area contributed by atoms with E-state index >= 15 is 0 Å². The van der Waals surface area contributed by atoms with Crippen LogP contribution in [0.15, 0.2) is 66.7 Å². The molecular weight excluding hydrogens is 502 g/mol. The number of carbonyl (C=O) groups excluding carboxylic acids is 2. The second-order valence-electron chi connectivity index (χ2n) is 9.27. The molecule has 0 heterocycles. The zero-order chi connectivity index (χ0) is 28.0. The second kappa shape index (κ2) is 15.5. The monoisotopic (exact) mass is 538 g/mol. The minimum atomic E-state index is -0.967. The number of methoxy groups -OCH3 is 1. The van der Waals surface area contributed by atoms with Crippen molar-refractivity contribution < 1.29 is 27.8 Å². The molecule has 8 heteroatoms. The number of unbranched alkanes of at least 4 members (excludes halogenated alkanes) is 6. The summed E-state index contributed by atoms with van der Waals surface area (Å²) in [5.41, 5.74) is 0.971. The zero-order valence-electron chi connectivity index (χ0n) is 22.5. The molecule has 2 amide bonds. The highest BCUT2D eigenvalue weighted by molar-refractivity contribution is 5.96. The van der Waals surface area contributed by atoms with Gasteiger partial charge in [-0.3, -0.25) is 9.59 Å². The van der Waals surface area contributed by atoms with Gasteiger partial charge in [0.15, 0.2) is 11.5 Å². The summed E-state index contributed by atoms with van der Waals surface area (Å²) in [6, 6.07) is 15.3. The Morgan fingerprint density at radius 2 is 1.23 bits per heavy atom.